The lowest BCUT2D eigenvalue weighted by molar-refractivity contribution is -0.309. The average Bonchev–Trinajstić information content (AvgIpc) is 3.01. The second-order valence-corrected chi connectivity index (χ2v) is 10.6. The highest BCUT2D eigenvalue weighted by molar-refractivity contribution is 8.22. The Balaban J connectivity index is 1.60. The Morgan fingerprint density at radius 3 is 1.70 bits per heavy atom. The van der Waals surface area contributed by atoms with Crippen LogP contribution < -0.4 is 0 Å². The van der Waals surface area contributed by atoms with Crippen molar-refractivity contribution in [1.29, 1.82) is 0 Å². The zero-order valence-electron chi connectivity index (χ0n) is 22.8. The number of ether oxygens (including phenoxy) is 6. The van der Waals surface area contributed by atoms with E-state index in [9.17, 15) is 0 Å². The lowest BCUT2D eigenvalue weighted by atomic mass is 9.97. The maximum absolute atomic E-state index is 6.60. The van der Waals surface area contributed by atoms with Crippen molar-refractivity contribution in [2.75, 3.05) is 20.0 Å². The second kappa shape index (κ2) is 16.6. The van der Waals surface area contributed by atoms with Gasteiger partial charge in [-0.1, -0.05) is 109 Å². The molecule has 0 amide bonds. The normalized spacial score (nSPS) is 22.8. The topological polar surface area (TPSA) is 55.4 Å². The Bertz CT molecular complexity index is 1160. The predicted octanol–water partition coefficient (Wildman–Crippen LogP) is 6.33. The van der Waals surface area contributed by atoms with Crippen LogP contribution in [0.5, 0.6) is 0 Å². The molecule has 0 saturated carbocycles. The van der Waals surface area contributed by atoms with Gasteiger partial charge in [0.15, 0.2) is 6.29 Å². The zero-order chi connectivity index (χ0) is 28.0. The molecule has 40 heavy (non-hydrogen) atoms. The molecule has 1 aliphatic rings. The number of benzene rings is 3. The summed E-state index contributed by atoms with van der Waals surface area (Å²) in [5, 5.41) is 0. The van der Waals surface area contributed by atoms with Gasteiger partial charge in [0.1, 0.15) is 31.0 Å². The van der Waals surface area contributed by atoms with E-state index in [-0.39, 0.29) is 0 Å². The van der Waals surface area contributed by atoms with Gasteiger partial charge in [0, 0.05) is 7.11 Å². The minimum absolute atomic E-state index is 0.325. The molecular formula is C32H36O6S2. The molecule has 3 aromatic rings. The van der Waals surface area contributed by atoms with Crippen LogP contribution in [0.15, 0.2) is 103 Å². The van der Waals surface area contributed by atoms with Crippen LogP contribution in [0.3, 0.4) is 0 Å². The summed E-state index contributed by atoms with van der Waals surface area (Å²) in [6.07, 6.45) is 3.03. The van der Waals surface area contributed by atoms with Gasteiger partial charge in [-0.25, -0.2) is 0 Å². The molecule has 1 aliphatic heterocycles. The molecule has 4 rings (SSSR count). The maximum atomic E-state index is 6.60. The summed E-state index contributed by atoms with van der Waals surface area (Å²) >= 11 is 6.55. The fourth-order valence-electron chi connectivity index (χ4n) is 4.40. The summed E-state index contributed by atoms with van der Waals surface area (Å²) in [5.41, 5.74) is 3.15. The van der Waals surface area contributed by atoms with Crippen LogP contribution in [0.2, 0.25) is 0 Å². The van der Waals surface area contributed by atoms with Crippen molar-refractivity contribution in [3.63, 3.8) is 0 Å². The minimum atomic E-state index is -0.677. The summed E-state index contributed by atoms with van der Waals surface area (Å²) in [7, 11) is 1.61. The van der Waals surface area contributed by atoms with Gasteiger partial charge >= 0.3 is 0 Å². The Labute approximate surface area is 246 Å². The van der Waals surface area contributed by atoms with Crippen LogP contribution in [0.4, 0.5) is 0 Å². The van der Waals surface area contributed by atoms with Gasteiger partial charge < -0.3 is 28.4 Å². The van der Waals surface area contributed by atoms with Gasteiger partial charge in [-0.3, -0.25) is 0 Å². The highest BCUT2D eigenvalue weighted by Crippen LogP contribution is 2.31. The van der Waals surface area contributed by atoms with Crippen LogP contribution in [-0.4, -0.2) is 55.1 Å². The van der Waals surface area contributed by atoms with Crippen molar-refractivity contribution in [3.05, 3.63) is 120 Å². The summed E-state index contributed by atoms with van der Waals surface area (Å²) < 4.78 is 37.9. The smallest absolute Gasteiger partial charge is 0.220 e. The van der Waals surface area contributed by atoms with Crippen LogP contribution in [0.1, 0.15) is 16.7 Å². The molecule has 0 aromatic heterocycles. The summed E-state index contributed by atoms with van der Waals surface area (Å²) in [5.74, 6) is 0. The van der Waals surface area contributed by atoms with Gasteiger partial charge in [0.2, 0.25) is 4.38 Å². The highest BCUT2D eigenvalue weighted by Gasteiger charge is 2.47. The third-order valence-electron chi connectivity index (χ3n) is 6.41. The van der Waals surface area contributed by atoms with Gasteiger partial charge in [-0.15, -0.1) is 0 Å². The Hall–Kier alpha value is -2.56. The number of thioether (sulfide) groups is 1. The summed E-state index contributed by atoms with van der Waals surface area (Å²) in [6.45, 7) is 1.48. The van der Waals surface area contributed by atoms with E-state index in [1.807, 2.05) is 109 Å². The molecule has 0 bridgehead atoms. The van der Waals surface area contributed by atoms with E-state index >= 15 is 0 Å². The average molecular weight is 581 g/mol. The van der Waals surface area contributed by atoms with E-state index in [0.29, 0.717) is 30.8 Å². The number of hydrogen-bond acceptors (Lipinski definition) is 8. The van der Waals surface area contributed by atoms with Crippen molar-refractivity contribution in [3.8, 4) is 0 Å². The van der Waals surface area contributed by atoms with Crippen molar-refractivity contribution in [2.24, 2.45) is 0 Å². The lowest BCUT2D eigenvalue weighted by Crippen LogP contribution is -2.60. The van der Waals surface area contributed by atoms with Crippen LogP contribution in [0.25, 0.3) is 0 Å². The fourth-order valence-corrected chi connectivity index (χ4v) is 4.65. The van der Waals surface area contributed by atoms with E-state index in [4.69, 9.17) is 40.6 Å². The molecule has 0 N–H and O–H groups in total. The van der Waals surface area contributed by atoms with Gasteiger partial charge in [-0.05, 0) is 41.2 Å². The first-order valence-corrected chi connectivity index (χ1v) is 14.8. The van der Waals surface area contributed by atoms with E-state index in [1.54, 1.807) is 7.11 Å². The molecule has 1 heterocycles. The first-order chi connectivity index (χ1) is 19.7. The van der Waals surface area contributed by atoms with Gasteiger partial charge in [0.05, 0.1) is 19.8 Å². The monoisotopic (exact) mass is 580 g/mol. The molecule has 0 aliphatic carbocycles. The van der Waals surface area contributed by atoms with Crippen molar-refractivity contribution >= 4 is 28.4 Å². The second-order valence-electron chi connectivity index (χ2n) is 9.18. The quantitative estimate of drug-likeness (QED) is 0.172. The summed E-state index contributed by atoms with van der Waals surface area (Å²) in [6, 6.07) is 30.1. The standard InChI is InChI=1S/C32H36O6S2/c1-33-31-30(37-23-26-17-10-5-11-18-26)29(36-22-25-15-8-4-9-16-25)28(35-21-24-13-6-3-7-14-24)27(38-31)19-12-20-34-32(39)40-2/h3-19,27-31H,20-23H2,1-2H3/b19-12+/t27-,28-,29+,30-,31+/m1/s1. The molecule has 5 atom stereocenters. The van der Waals surface area contributed by atoms with Crippen molar-refractivity contribution < 1.29 is 28.4 Å². The molecule has 0 radical (unpaired) electrons. The van der Waals surface area contributed by atoms with E-state index in [0.717, 1.165) is 16.7 Å². The minimum Gasteiger partial charge on any atom is -0.474 e. The number of methoxy groups -OCH3 is 1. The third kappa shape index (κ3) is 9.24. The lowest BCUT2D eigenvalue weighted by Gasteiger charge is -2.45. The summed E-state index contributed by atoms with van der Waals surface area (Å²) in [4.78, 5) is 0. The number of thiocarbonyl (C=S) groups is 1. The molecule has 3 aromatic carbocycles. The van der Waals surface area contributed by atoms with E-state index in [1.165, 1.54) is 11.8 Å². The van der Waals surface area contributed by atoms with Crippen molar-refractivity contribution in [1.82, 2.24) is 0 Å². The van der Waals surface area contributed by atoms with Crippen molar-refractivity contribution in [2.45, 2.75) is 50.5 Å². The van der Waals surface area contributed by atoms with E-state index < -0.39 is 30.7 Å². The van der Waals surface area contributed by atoms with Gasteiger partial charge in [-0.2, -0.15) is 0 Å². The van der Waals surface area contributed by atoms with E-state index in [2.05, 4.69) is 0 Å². The molecule has 6 nitrogen and oxygen atoms in total. The molecule has 8 heteroatoms. The van der Waals surface area contributed by atoms with Crippen LogP contribution >= 0.6 is 24.0 Å². The maximum Gasteiger partial charge on any atom is 0.220 e. The molecular weight excluding hydrogens is 544 g/mol. The fraction of sp³-hybridized carbons (Fsp3) is 0.344. The first-order valence-electron chi connectivity index (χ1n) is 13.2. The number of rotatable bonds is 13. The van der Waals surface area contributed by atoms with Crippen LogP contribution in [-0.2, 0) is 48.2 Å². The predicted molar refractivity (Wildman–Crippen MR) is 162 cm³/mol. The molecule has 1 fully saturated rings. The van der Waals surface area contributed by atoms with Crippen LogP contribution in [0, 0.1) is 0 Å². The van der Waals surface area contributed by atoms with Gasteiger partial charge in [0.25, 0.3) is 0 Å². The molecule has 0 spiro atoms. The molecule has 212 valence electrons. The SMILES string of the molecule is CO[C@H]1O[C@H](/C=C/COC(=S)SC)[C@@H](OCc2ccccc2)[C@H](OCc2ccccc2)[C@H]1OCc1ccccc1. The first kappa shape index (κ1) is 30.4. The Morgan fingerprint density at radius 1 is 0.750 bits per heavy atom. The Morgan fingerprint density at radius 2 is 1.23 bits per heavy atom. The largest absolute Gasteiger partial charge is 0.474 e. The highest BCUT2D eigenvalue weighted by atomic mass is 32.2. The third-order valence-corrected chi connectivity index (χ3v) is 7.48. The molecule has 0 unspecified atom stereocenters. The zero-order valence-corrected chi connectivity index (χ0v) is 24.4. The number of hydrogen-bond donors (Lipinski definition) is 0. The molecule has 1 saturated heterocycles. The Kier molecular flexibility index (Phi) is 12.6.